The van der Waals surface area contributed by atoms with Crippen LogP contribution in [-0.4, -0.2) is 12.5 Å². The quantitative estimate of drug-likeness (QED) is 0.694. The first kappa shape index (κ1) is 16.9. The minimum absolute atomic E-state index is 0.101. The molecule has 1 atom stereocenters. The lowest BCUT2D eigenvalue weighted by Gasteiger charge is -2.14. The first-order chi connectivity index (χ1) is 12.2. The number of hydrogen-bond donors (Lipinski definition) is 2. The van der Waals surface area contributed by atoms with Gasteiger partial charge in [-0.3, -0.25) is 4.79 Å². The first-order valence-electron chi connectivity index (χ1n) is 8.16. The number of hydrogen-bond acceptors (Lipinski definition) is 2. The van der Waals surface area contributed by atoms with Gasteiger partial charge in [-0.15, -0.1) is 0 Å². The fourth-order valence-corrected chi connectivity index (χ4v) is 2.68. The maximum atomic E-state index is 13.6. The second kappa shape index (κ2) is 8.26. The van der Waals surface area contributed by atoms with Crippen molar-refractivity contribution in [3.8, 4) is 0 Å². The highest BCUT2D eigenvalue weighted by atomic mass is 19.1. The van der Waals surface area contributed by atoms with Crippen LogP contribution >= 0.6 is 0 Å². The zero-order chi connectivity index (χ0) is 17.5. The highest BCUT2D eigenvalue weighted by molar-refractivity contribution is 5.76. The van der Waals surface area contributed by atoms with Crippen LogP contribution in [0.4, 0.5) is 4.39 Å². The maximum Gasteiger partial charge on any atom is 0.275 e. The van der Waals surface area contributed by atoms with Gasteiger partial charge in [-0.25, -0.2) is 4.39 Å². The van der Waals surface area contributed by atoms with Gasteiger partial charge in [0, 0.05) is 17.7 Å². The van der Waals surface area contributed by atoms with Crippen LogP contribution in [0.3, 0.4) is 0 Å². The summed E-state index contributed by atoms with van der Waals surface area (Å²) < 4.78 is 19.1. The average molecular weight is 339 g/mol. The summed E-state index contributed by atoms with van der Waals surface area (Å²) in [5.41, 5.74) is 1.53. The van der Waals surface area contributed by atoms with Gasteiger partial charge >= 0.3 is 0 Å². The Morgan fingerprint density at radius 2 is 1.80 bits per heavy atom. The monoisotopic (exact) mass is 339 g/mol. The molecule has 5 heteroatoms. The lowest BCUT2D eigenvalue weighted by molar-refractivity contribution is -0.678. The molecular weight excluding hydrogens is 319 g/mol. The lowest BCUT2D eigenvalue weighted by atomic mass is 10.0. The summed E-state index contributed by atoms with van der Waals surface area (Å²) in [6, 6.07) is 19.9. The van der Waals surface area contributed by atoms with Crippen molar-refractivity contribution in [1.82, 2.24) is 5.32 Å². The molecule has 25 heavy (non-hydrogen) atoms. The number of benzene rings is 2. The van der Waals surface area contributed by atoms with Crippen LogP contribution in [0.15, 0.2) is 77.4 Å². The fourth-order valence-electron chi connectivity index (χ4n) is 2.68. The van der Waals surface area contributed by atoms with E-state index < -0.39 is 0 Å². The van der Waals surface area contributed by atoms with E-state index in [0.29, 0.717) is 5.56 Å². The van der Waals surface area contributed by atoms with Crippen LogP contribution in [0, 0.1) is 5.82 Å². The van der Waals surface area contributed by atoms with Crippen molar-refractivity contribution in [2.24, 2.45) is 0 Å². The lowest BCUT2D eigenvalue weighted by Crippen LogP contribution is -2.87. The SMILES string of the molecule is O=C(C[NH2+][C@H](c1ccccc1)c1ccco1)NCc1ccccc1F. The van der Waals surface area contributed by atoms with Gasteiger partial charge in [0.15, 0.2) is 18.3 Å². The number of quaternary nitrogens is 1. The Kier molecular flexibility index (Phi) is 5.59. The van der Waals surface area contributed by atoms with Gasteiger partial charge in [0.05, 0.1) is 6.26 Å². The summed E-state index contributed by atoms with van der Waals surface area (Å²) in [4.78, 5) is 12.1. The van der Waals surface area contributed by atoms with Crippen LogP contribution in [0.1, 0.15) is 22.9 Å². The van der Waals surface area contributed by atoms with Gasteiger partial charge < -0.3 is 15.1 Å². The third kappa shape index (κ3) is 4.55. The predicted molar refractivity (Wildman–Crippen MR) is 92.0 cm³/mol. The maximum absolute atomic E-state index is 13.6. The van der Waals surface area contributed by atoms with E-state index in [9.17, 15) is 9.18 Å². The zero-order valence-electron chi connectivity index (χ0n) is 13.7. The van der Waals surface area contributed by atoms with Crippen molar-refractivity contribution >= 4 is 5.91 Å². The Balaban J connectivity index is 1.60. The molecule has 0 radical (unpaired) electrons. The smallest absolute Gasteiger partial charge is 0.275 e. The van der Waals surface area contributed by atoms with Gasteiger partial charge in [-0.1, -0.05) is 48.5 Å². The van der Waals surface area contributed by atoms with Gasteiger partial charge in [0.1, 0.15) is 5.82 Å². The van der Waals surface area contributed by atoms with E-state index in [1.807, 2.05) is 47.8 Å². The molecule has 0 saturated carbocycles. The largest absolute Gasteiger partial charge is 0.463 e. The van der Waals surface area contributed by atoms with Gasteiger partial charge in [0.25, 0.3) is 5.91 Å². The van der Waals surface area contributed by atoms with Crippen LogP contribution in [0.5, 0.6) is 0 Å². The molecule has 0 fully saturated rings. The van der Waals surface area contributed by atoms with Gasteiger partial charge in [0.2, 0.25) is 0 Å². The van der Waals surface area contributed by atoms with Crippen molar-refractivity contribution in [2.45, 2.75) is 12.6 Å². The third-order valence-corrected chi connectivity index (χ3v) is 3.98. The molecule has 0 aliphatic heterocycles. The zero-order valence-corrected chi connectivity index (χ0v) is 13.7. The topological polar surface area (TPSA) is 58.9 Å². The number of carbonyl (C=O) groups excluding carboxylic acids is 1. The van der Waals surface area contributed by atoms with Gasteiger partial charge in [-0.05, 0) is 18.2 Å². The van der Waals surface area contributed by atoms with Crippen LogP contribution in [-0.2, 0) is 11.3 Å². The number of nitrogens with one attached hydrogen (secondary N) is 1. The molecule has 1 aromatic heterocycles. The van der Waals surface area contributed by atoms with Crippen molar-refractivity contribution in [3.63, 3.8) is 0 Å². The summed E-state index contributed by atoms with van der Waals surface area (Å²) in [5, 5.41) is 4.66. The van der Waals surface area contributed by atoms with Crippen LogP contribution < -0.4 is 10.6 Å². The molecule has 2 aromatic carbocycles. The number of nitrogens with two attached hydrogens (primary N) is 1. The summed E-state index contributed by atoms with van der Waals surface area (Å²) in [6.07, 6.45) is 1.62. The molecule has 1 heterocycles. The van der Waals surface area contributed by atoms with Crippen molar-refractivity contribution in [3.05, 3.63) is 95.7 Å². The number of rotatable bonds is 7. The Morgan fingerprint density at radius 3 is 2.52 bits per heavy atom. The molecular formula is C20H20FN2O2+. The standard InChI is InChI=1S/C20H19FN2O2/c21-17-10-5-4-9-16(17)13-22-19(24)14-23-20(18-11-6-12-25-18)15-7-2-1-3-8-15/h1-12,20,23H,13-14H2,(H,22,24)/p+1/t20-/m1/s1. The Hall–Kier alpha value is -2.92. The summed E-state index contributed by atoms with van der Waals surface area (Å²) in [6.45, 7) is 0.394. The molecule has 3 N–H and O–H groups in total. The average Bonchev–Trinajstić information content (AvgIpc) is 3.16. The normalized spacial score (nSPS) is 11.9. The van der Waals surface area contributed by atoms with Crippen LogP contribution in [0.25, 0.3) is 0 Å². The molecule has 0 unspecified atom stereocenters. The number of amides is 1. The van der Waals surface area contributed by atoms with Crippen molar-refractivity contribution in [1.29, 1.82) is 0 Å². The van der Waals surface area contributed by atoms with Crippen molar-refractivity contribution < 1.29 is 18.9 Å². The molecule has 1 amide bonds. The van der Waals surface area contributed by atoms with E-state index in [4.69, 9.17) is 4.42 Å². The minimum Gasteiger partial charge on any atom is -0.463 e. The second-order valence-electron chi connectivity index (χ2n) is 5.71. The highest BCUT2D eigenvalue weighted by Crippen LogP contribution is 2.18. The molecule has 4 nitrogen and oxygen atoms in total. The number of carbonyl (C=O) groups is 1. The molecule has 3 aromatic rings. The van der Waals surface area contributed by atoms with E-state index in [-0.39, 0.29) is 30.9 Å². The van der Waals surface area contributed by atoms with E-state index in [1.165, 1.54) is 6.07 Å². The second-order valence-corrected chi connectivity index (χ2v) is 5.71. The molecule has 0 spiro atoms. The first-order valence-corrected chi connectivity index (χ1v) is 8.16. The van der Waals surface area contributed by atoms with Crippen molar-refractivity contribution in [2.75, 3.05) is 6.54 Å². The highest BCUT2D eigenvalue weighted by Gasteiger charge is 2.21. The van der Waals surface area contributed by atoms with E-state index >= 15 is 0 Å². The molecule has 128 valence electrons. The molecule has 3 rings (SSSR count). The van der Waals surface area contributed by atoms with E-state index in [1.54, 1.807) is 24.5 Å². The minimum atomic E-state index is -0.315. The van der Waals surface area contributed by atoms with E-state index in [2.05, 4.69) is 5.32 Å². The number of halogens is 1. The summed E-state index contributed by atoms with van der Waals surface area (Å²) >= 11 is 0. The molecule has 0 aliphatic rings. The van der Waals surface area contributed by atoms with Gasteiger partial charge in [-0.2, -0.15) is 0 Å². The Labute approximate surface area is 145 Å². The fraction of sp³-hybridized carbons (Fsp3) is 0.150. The molecule has 0 bridgehead atoms. The van der Waals surface area contributed by atoms with E-state index in [0.717, 1.165) is 11.3 Å². The number of furan rings is 1. The predicted octanol–water partition coefficient (Wildman–Crippen LogP) is 2.39. The molecule has 0 aliphatic carbocycles. The third-order valence-electron chi connectivity index (χ3n) is 3.98. The summed E-state index contributed by atoms with van der Waals surface area (Å²) in [5.74, 6) is 0.313. The Bertz CT molecular complexity index is 804. The molecule has 0 saturated heterocycles. The Morgan fingerprint density at radius 1 is 1.04 bits per heavy atom. The summed E-state index contributed by atoms with van der Waals surface area (Å²) in [7, 11) is 0. The van der Waals surface area contributed by atoms with Crippen LogP contribution in [0.2, 0.25) is 0 Å².